The maximum absolute atomic E-state index is 11.2. The molecule has 1 aromatic rings. The zero-order valence-corrected chi connectivity index (χ0v) is 10.2. The van der Waals surface area contributed by atoms with E-state index in [9.17, 15) is 8.42 Å². The van der Waals surface area contributed by atoms with E-state index in [0.29, 0.717) is 0 Å². The van der Waals surface area contributed by atoms with Gasteiger partial charge in [-0.05, 0) is 0 Å². The molecule has 0 radical (unpaired) electrons. The first-order valence-corrected chi connectivity index (χ1v) is 6.61. The van der Waals surface area contributed by atoms with Crippen molar-refractivity contribution < 1.29 is 23.0 Å². The minimum Gasteiger partial charge on any atom is -0.486 e. The first-order chi connectivity index (χ1) is 7.91. The van der Waals surface area contributed by atoms with Gasteiger partial charge in [-0.1, -0.05) is 11.6 Å². The molecule has 0 amide bonds. The highest BCUT2D eigenvalue weighted by atomic mass is 35.5. The predicted molar refractivity (Wildman–Crippen MR) is 59.8 cm³/mol. The number of benzene rings is 1. The fraction of sp³-hybridized carbons (Fsp3) is 0.333. The third-order valence-electron chi connectivity index (χ3n) is 2.23. The number of hydrogen-bond acceptors (Lipinski definition) is 5. The normalized spacial score (nSPS) is 19.1. The minimum absolute atomic E-state index is 0.0477. The van der Waals surface area contributed by atoms with Gasteiger partial charge in [0.25, 0.3) is 0 Å². The van der Waals surface area contributed by atoms with Crippen LogP contribution >= 0.6 is 11.6 Å². The maximum atomic E-state index is 11.2. The van der Waals surface area contributed by atoms with E-state index >= 15 is 0 Å². The van der Waals surface area contributed by atoms with Crippen molar-refractivity contribution in [3.05, 3.63) is 17.2 Å². The highest BCUT2D eigenvalue weighted by Crippen LogP contribution is 2.37. The van der Waals surface area contributed by atoms with E-state index in [2.05, 4.69) is 0 Å². The van der Waals surface area contributed by atoms with Gasteiger partial charge in [0.05, 0.1) is 11.6 Å². The lowest BCUT2D eigenvalue weighted by atomic mass is 10.2. The van der Waals surface area contributed by atoms with Crippen molar-refractivity contribution in [1.82, 2.24) is 0 Å². The number of aliphatic hydroxyl groups excluding tert-OH is 1. The van der Waals surface area contributed by atoms with E-state index in [1.54, 1.807) is 0 Å². The molecular formula is C9H10ClNO5S. The highest BCUT2D eigenvalue weighted by Gasteiger charge is 2.24. The van der Waals surface area contributed by atoms with Crippen molar-refractivity contribution in [2.45, 2.75) is 11.0 Å². The van der Waals surface area contributed by atoms with Crippen LogP contribution in [-0.4, -0.2) is 32.8 Å². The molecule has 0 aliphatic carbocycles. The van der Waals surface area contributed by atoms with Gasteiger partial charge in [-0.25, -0.2) is 13.6 Å². The van der Waals surface area contributed by atoms with Crippen molar-refractivity contribution >= 4 is 21.6 Å². The lowest BCUT2D eigenvalue weighted by molar-refractivity contribution is 0.0454. The Kier molecular flexibility index (Phi) is 3.17. The zero-order valence-electron chi connectivity index (χ0n) is 8.59. The smallest absolute Gasteiger partial charge is 0.239 e. The summed E-state index contributed by atoms with van der Waals surface area (Å²) in [6.07, 6.45) is -0.487. The fourth-order valence-corrected chi connectivity index (χ4v) is 2.50. The van der Waals surface area contributed by atoms with Gasteiger partial charge in [0.1, 0.15) is 11.5 Å². The molecule has 3 N–H and O–H groups in total. The molecule has 6 nitrogen and oxygen atoms in total. The first kappa shape index (κ1) is 12.4. The first-order valence-electron chi connectivity index (χ1n) is 4.68. The number of aliphatic hydroxyl groups is 1. The summed E-state index contributed by atoms with van der Waals surface area (Å²) in [5.74, 6) is 0.524. The van der Waals surface area contributed by atoms with E-state index in [0.717, 1.165) is 0 Å². The van der Waals surface area contributed by atoms with Crippen LogP contribution in [0.1, 0.15) is 0 Å². The summed E-state index contributed by atoms with van der Waals surface area (Å²) in [4.78, 5) is -0.219. The number of hydrogen-bond donors (Lipinski definition) is 2. The quantitative estimate of drug-likeness (QED) is 0.801. The Morgan fingerprint density at radius 3 is 2.76 bits per heavy atom. The monoisotopic (exact) mass is 279 g/mol. The van der Waals surface area contributed by atoms with E-state index < -0.39 is 16.1 Å². The molecule has 1 aliphatic rings. The summed E-state index contributed by atoms with van der Waals surface area (Å²) in [6, 6.07) is 2.51. The molecule has 94 valence electrons. The third kappa shape index (κ3) is 2.47. The van der Waals surface area contributed by atoms with Crippen molar-refractivity contribution in [2.24, 2.45) is 5.14 Å². The molecule has 1 atom stereocenters. The Labute approximate surface area is 103 Å². The largest absolute Gasteiger partial charge is 0.486 e. The highest BCUT2D eigenvalue weighted by molar-refractivity contribution is 7.89. The lowest BCUT2D eigenvalue weighted by Crippen LogP contribution is -2.32. The van der Waals surface area contributed by atoms with Crippen molar-refractivity contribution in [3.8, 4) is 11.5 Å². The number of nitrogens with two attached hydrogens (primary N) is 1. The van der Waals surface area contributed by atoms with Crippen LogP contribution in [-0.2, 0) is 10.0 Å². The van der Waals surface area contributed by atoms with Crippen LogP contribution in [0, 0.1) is 0 Å². The van der Waals surface area contributed by atoms with Crippen LogP contribution in [0.3, 0.4) is 0 Å². The van der Waals surface area contributed by atoms with Crippen LogP contribution in [0.25, 0.3) is 0 Å². The standard InChI is InChI=1S/C9H10ClNO5S/c10-6-1-8-7(2-9(6)17(11,13)14)15-4-5(3-12)16-8/h1-2,5,12H,3-4H2,(H2,11,13,14). The van der Waals surface area contributed by atoms with Crippen molar-refractivity contribution in [3.63, 3.8) is 0 Å². The molecule has 1 aromatic carbocycles. The van der Waals surface area contributed by atoms with E-state index in [4.69, 9.17) is 31.3 Å². The minimum atomic E-state index is -3.90. The second-order valence-electron chi connectivity index (χ2n) is 3.51. The Hall–Kier alpha value is -1.02. The molecule has 0 aromatic heterocycles. The summed E-state index contributed by atoms with van der Waals surface area (Å²) in [5, 5.41) is 13.9. The Balaban J connectivity index is 2.46. The zero-order chi connectivity index (χ0) is 12.6. The van der Waals surface area contributed by atoms with Crippen LogP contribution in [0.15, 0.2) is 17.0 Å². The average molecular weight is 280 g/mol. The second-order valence-corrected chi connectivity index (χ2v) is 5.44. The molecule has 1 heterocycles. The summed E-state index contributed by atoms with van der Waals surface area (Å²) < 4.78 is 33.0. The number of halogens is 1. The Bertz CT molecular complexity index is 545. The van der Waals surface area contributed by atoms with Gasteiger partial charge < -0.3 is 14.6 Å². The number of primary sulfonamides is 1. The number of rotatable bonds is 2. The number of fused-ring (bicyclic) bond motifs is 1. The number of ether oxygens (including phenoxy) is 2. The molecular weight excluding hydrogens is 270 g/mol. The maximum Gasteiger partial charge on any atom is 0.239 e. The second kappa shape index (κ2) is 4.34. The van der Waals surface area contributed by atoms with E-state index in [1.807, 2.05) is 0 Å². The van der Waals surface area contributed by atoms with Gasteiger partial charge in [0, 0.05) is 12.1 Å². The molecule has 0 saturated heterocycles. The number of sulfonamides is 1. The van der Waals surface area contributed by atoms with Crippen molar-refractivity contribution in [2.75, 3.05) is 13.2 Å². The van der Waals surface area contributed by atoms with E-state index in [-0.39, 0.29) is 34.6 Å². The molecule has 0 fully saturated rings. The van der Waals surface area contributed by atoms with Crippen molar-refractivity contribution in [1.29, 1.82) is 0 Å². The molecule has 1 aliphatic heterocycles. The van der Waals surface area contributed by atoms with Gasteiger partial charge in [0.15, 0.2) is 17.6 Å². The van der Waals surface area contributed by atoms with Crippen LogP contribution in [0.4, 0.5) is 0 Å². The molecule has 17 heavy (non-hydrogen) atoms. The third-order valence-corrected chi connectivity index (χ3v) is 3.60. The summed E-state index contributed by atoms with van der Waals surface area (Å²) in [7, 11) is -3.90. The summed E-state index contributed by atoms with van der Waals surface area (Å²) >= 11 is 5.78. The van der Waals surface area contributed by atoms with E-state index in [1.165, 1.54) is 12.1 Å². The Morgan fingerprint density at radius 1 is 1.47 bits per heavy atom. The van der Waals surface area contributed by atoms with Gasteiger partial charge in [0.2, 0.25) is 10.0 Å². The topological polar surface area (TPSA) is 98.9 Å². The summed E-state index contributed by atoms with van der Waals surface area (Å²) in [6.45, 7) is -0.0663. The summed E-state index contributed by atoms with van der Waals surface area (Å²) in [5.41, 5.74) is 0. The molecule has 8 heteroatoms. The Morgan fingerprint density at radius 2 is 2.18 bits per heavy atom. The molecule has 0 bridgehead atoms. The molecule has 0 spiro atoms. The van der Waals surface area contributed by atoms with Crippen LogP contribution < -0.4 is 14.6 Å². The van der Waals surface area contributed by atoms with Crippen LogP contribution in [0.2, 0.25) is 5.02 Å². The predicted octanol–water partition coefficient (Wildman–Crippen LogP) is 0.120. The molecule has 1 unspecified atom stereocenters. The lowest BCUT2D eigenvalue weighted by Gasteiger charge is -2.25. The van der Waals surface area contributed by atoms with Gasteiger partial charge >= 0.3 is 0 Å². The SMILES string of the molecule is NS(=O)(=O)c1cc2c(cc1Cl)OC(CO)CO2. The van der Waals surface area contributed by atoms with Gasteiger partial charge in [-0.2, -0.15) is 0 Å². The molecule has 2 rings (SSSR count). The average Bonchev–Trinajstić information content (AvgIpc) is 2.25. The fourth-order valence-electron chi connectivity index (χ4n) is 1.43. The van der Waals surface area contributed by atoms with Crippen LogP contribution in [0.5, 0.6) is 11.5 Å². The molecule has 0 saturated carbocycles. The van der Waals surface area contributed by atoms with Gasteiger partial charge in [-0.15, -0.1) is 0 Å². The van der Waals surface area contributed by atoms with Gasteiger partial charge in [-0.3, -0.25) is 0 Å².